The van der Waals surface area contributed by atoms with E-state index in [1.165, 1.54) is 5.56 Å². The third-order valence-corrected chi connectivity index (χ3v) is 3.54. The van der Waals surface area contributed by atoms with Crippen LogP contribution in [0.1, 0.15) is 18.4 Å². The summed E-state index contributed by atoms with van der Waals surface area (Å²) in [5, 5.41) is 9.58. The van der Waals surface area contributed by atoms with Gasteiger partial charge in [-0.2, -0.15) is 0 Å². The molecular formula is C14H19NO. The molecule has 2 rings (SSSR count). The average Bonchev–Trinajstić information content (AvgIpc) is 2.62. The Bertz CT molecular complexity index is 388. The SMILES string of the molecule is C=CC[C@]1(c2cccc(O)c2)CCN(C)C1. The fourth-order valence-corrected chi connectivity index (χ4v) is 2.71. The van der Waals surface area contributed by atoms with Gasteiger partial charge in [0.15, 0.2) is 0 Å². The Hall–Kier alpha value is -1.28. The number of benzene rings is 1. The van der Waals surface area contributed by atoms with E-state index in [9.17, 15) is 5.11 Å². The van der Waals surface area contributed by atoms with Crippen molar-refractivity contribution in [1.82, 2.24) is 4.90 Å². The molecule has 1 aromatic carbocycles. The van der Waals surface area contributed by atoms with Gasteiger partial charge in [-0.3, -0.25) is 0 Å². The summed E-state index contributed by atoms with van der Waals surface area (Å²) in [6.07, 6.45) is 4.10. The first-order valence-corrected chi connectivity index (χ1v) is 5.75. The van der Waals surface area contributed by atoms with Gasteiger partial charge in [-0.05, 0) is 44.1 Å². The number of likely N-dealkylation sites (N-methyl/N-ethyl adjacent to an activating group) is 1. The molecule has 1 atom stereocenters. The molecule has 0 radical (unpaired) electrons. The minimum atomic E-state index is 0.148. The first kappa shape index (κ1) is 11.2. The molecule has 2 heteroatoms. The first-order valence-electron chi connectivity index (χ1n) is 5.75. The zero-order valence-electron chi connectivity index (χ0n) is 9.82. The number of allylic oxidation sites excluding steroid dienone is 1. The molecule has 0 saturated carbocycles. The summed E-state index contributed by atoms with van der Waals surface area (Å²) in [6.45, 7) is 6.02. The summed E-state index contributed by atoms with van der Waals surface area (Å²) in [6, 6.07) is 7.66. The van der Waals surface area contributed by atoms with E-state index in [1.807, 2.05) is 18.2 Å². The van der Waals surface area contributed by atoms with Gasteiger partial charge < -0.3 is 10.0 Å². The van der Waals surface area contributed by atoms with Crippen molar-refractivity contribution in [3.05, 3.63) is 42.5 Å². The third kappa shape index (κ3) is 1.98. The van der Waals surface area contributed by atoms with Gasteiger partial charge in [0, 0.05) is 12.0 Å². The van der Waals surface area contributed by atoms with E-state index in [4.69, 9.17) is 0 Å². The molecule has 2 nitrogen and oxygen atoms in total. The van der Waals surface area contributed by atoms with Crippen LogP contribution in [-0.4, -0.2) is 30.1 Å². The van der Waals surface area contributed by atoms with Crippen molar-refractivity contribution in [2.75, 3.05) is 20.1 Å². The maximum absolute atomic E-state index is 9.58. The van der Waals surface area contributed by atoms with E-state index in [2.05, 4.69) is 24.6 Å². The van der Waals surface area contributed by atoms with E-state index in [0.717, 1.165) is 25.9 Å². The molecule has 1 aliphatic heterocycles. The number of phenolic OH excluding ortho intramolecular Hbond substituents is 1. The van der Waals surface area contributed by atoms with Gasteiger partial charge in [-0.15, -0.1) is 6.58 Å². The van der Waals surface area contributed by atoms with Gasteiger partial charge in [0.25, 0.3) is 0 Å². The highest BCUT2D eigenvalue weighted by atomic mass is 16.3. The Morgan fingerprint density at radius 1 is 1.56 bits per heavy atom. The third-order valence-electron chi connectivity index (χ3n) is 3.54. The largest absolute Gasteiger partial charge is 0.508 e. The van der Waals surface area contributed by atoms with Crippen LogP contribution in [0.4, 0.5) is 0 Å². The van der Waals surface area contributed by atoms with Gasteiger partial charge in [0.2, 0.25) is 0 Å². The Morgan fingerprint density at radius 3 is 2.94 bits per heavy atom. The van der Waals surface area contributed by atoms with Gasteiger partial charge in [0.05, 0.1) is 0 Å². The number of hydrogen-bond donors (Lipinski definition) is 1. The highest BCUT2D eigenvalue weighted by Gasteiger charge is 2.37. The number of nitrogens with zero attached hydrogens (tertiary/aromatic N) is 1. The lowest BCUT2D eigenvalue weighted by Crippen LogP contribution is -2.29. The Morgan fingerprint density at radius 2 is 2.38 bits per heavy atom. The van der Waals surface area contributed by atoms with E-state index in [0.29, 0.717) is 5.75 Å². The molecule has 0 aliphatic carbocycles. The fourth-order valence-electron chi connectivity index (χ4n) is 2.71. The zero-order chi connectivity index (χ0) is 11.6. The summed E-state index contributed by atoms with van der Waals surface area (Å²) >= 11 is 0. The van der Waals surface area contributed by atoms with Crippen molar-refractivity contribution in [2.24, 2.45) is 0 Å². The van der Waals surface area contributed by atoms with Gasteiger partial charge in [0.1, 0.15) is 5.75 Å². The second-order valence-electron chi connectivity index (χ2n) is 4.81. The topological polar surface area (TPSA) is 23.5 Å². The maximum Gasteiger partial charge on any atom is 0.115 e. The van der Waals surface area contributed by atoms with Crippen LogP contribution in [0.2, 0.25) is 0 Å². The zero-order valence-corrected chi connectivity index (χ0v) is 9.82. The smallest absolute Gasteiger partial charge is 0.115 e. The summed E-state index contributed by atoms with van der Waals surface area (Å²) < 4.78 is 0. The van der Waals surface area contributed by atoms with Crippen LogP contribution in [0.5, 0.6) is 5.75 Å². The number of hydrogen-bond acceptors (Lipinski definition) is 2. The Labute approximate surface area is 97.2 Å². The van der Waals surface area contributed by atoms with Crippen molar-refractivity contribution in [3.8, 4) is 5.75 Å². The van der Waals surface area contributed by atoms with Crippen LogP contribution in [0, 0.1) is 0 Å². The summed E-state index contributed by atoms with van der Waals surface area (Å²) in [5.74, 6) is 0.357. The molecule has 1 aromatic rings. The molecule has 0 aromatic heterocycles. The standard InChI is InChI=1S/C14H19NO/c1-3-7-14(8-9-15(2)11-14)12-5-4-6-13(16)10-12/h3-6,10,16H,1,7-9,11H2,2H3/t14-/m0/s1. The van der Waals surface area contributed by atoms with E-state index < -0.39 is 0 Å². The number of phenols is 1. The van der Waals surface area contributed by atoms with Gasteiger partial charge in [-0.1, -0.05) is 18.2 Å². The fraction of sp³-hybridized carbons (Fsp3) is 0.429. The molecule has 0 bridgehead atoms. The van der Waals surface area contributed by atoms with Crippen molar-refractivity contribution in [1.29, 1.82) is 0 Å². The van der Waals surface area contributed by atoms with Crippen molar-refractivity contribution in [2.45, 2.75) is 18.3 Å². The van der Waals surface area contributed by atoms with E-state index in [1.54, 1.807) is 6.07 Å². The van der Waals surface area contributed by atoms with Crippen molar-refractivity contribution in [3.63, 3.8) is 0 Å². The highest BCUT2D eigenvalue weighted by Crippen LogP contribution is 2.38. The molecule has 1 aliphatic rings. The van der Waals surface area contributed by atoms with Crippen molar-refractivity contribution < 1.29 is 5.11 Å². The van der Waals surface area contributed by atoms with Crippen LogP contribution in [0.3, 0.4) is 0 Å². The van der Waals surface area contributed by atoms with Crippen molar-refractivity contribution >= 4 is 0 Å². The predicted octanol–water partition coefficient (Wildman–Crippen LogP) is 2.54. The molecule has 1 saturated heterocycles. The molecule has 86 valence electrons. The lowest BCUT2D eigenvalue weighted by Gasteiger charge is -2.28. The molecular weight excluding hydrogens is 198 g/mol. The second kappa shape index (κ2) is 4.30. The average molecular weight is 217 g/mol. The minimum absolute atomic E-state index is 0.148. The molecule has 1 heterocycles. The lowest BCUT2D eigenvalue weighted by atomic mass is 9.77. The Kier molecular flexibility index (Phi) is 3.01. The highest BCUT2D eigenvalue weighted by molar-refractivity contribution is 5.35. The van der Waals surface area contributed by atoms with Crippen LogP contribution < -0.4 is 0 Å². The monoisotopic (exact) mass is 217 g/mol. The molecule has 1 fully saturated rings. The number of aromatic hydroxyl groups is 1. The molecule has 0 amide bonds. The molecule has 0 unspecified atom stereocenters. The first-order chi connectivity index (χ1) is 7.66. The van der Waals surface area contributed by atoms with Crippen LogP contribution >= 0.6 is 0 Å². The summed E-state index contributed by atoms with van der Waals surface area (Å²) in [4.78, 5) is 2.34. The molecule has 1 N–H and O–H groups in total. The second-order valence-corrected chi connectivity index (χ2v) is 4.81. The van der Waals surface area contributed by atoms with Gasteiger partial charge >= 0.3 is 0 Å². The summed E-state index contributed by atoms with van der Waals surface area (Å²) in [5.41, 5.74) is 1.38. The minimum Gasteiger partial charge on any atom is -0.508 e. The van der Waals surface area contributed by atoms with Crippen LogP contribution in [-0.2, 0) is 5.41 Å². The van der Waals surface area contributed by atoms with E-state index >= 15 is 0 Å². The maximum atomic E-state index is 9.58. The Balaban J connectivity index is 2.36. The van der Waals surface area contributed by atoms with Crippen LogP contribution in [0.25, 0.3) is 0 Å². The van der Waals surface area contributed by atoms with Gasteiger partial charge in [-0.25, -0.2) is 0 Å². The number of rotatable bonds is 3. The quantitative estimate of drug-likeness (QED) is 0.786. The van der Waals surface area contributed by atoms with E-state index in [-0.39, 0.29) is 5.41 Å². The molecule has 16 heavy (non-hydrogen) atoms. The summed E-state index contributed by atoms with van der Waals surface area (Å²) in [7, 11) is 2.15. The lowest BCUT2D eigenvalue weighted by molar-refractivity contribution is 0.367. The number of likely N-dealkylation sites (tertiary alicyclic amines) is 1. The van der Waals surface area contributed by atoms with Crippen LogP contribution in [0.15, 0.2) is 36.9 Å². The molecule has 0 spiro atoms. The predicted molar refractivity (Wildman–Crippen MR) is 66.7 cm³/mol. The normalized spacial score (nSPS) is 25.8.